The van der Waals surface area contributed by atoms with Crippen LogP contribution in [-0.4, -0.2) is 28.6 Å². The molecule has 3 aliphatic rings. The van der Waals surface area contributed by atoms with E-state index in [1.807, 2.05) is 0 Å². The summed E-state index contributed by atoms with van der Waals surface area (Å²) in [4.78, 5) is 14.9. The molecule has 1 N–H and O–H groups in total. The van der Waals surface area contributed by atoms with Crippen LogP contribution in [0.2, 0.25) is 0 Å². The molecule has 1 saturated heterocycles. The molecule has 1 heterocycles. The molecule has 2 aliphatic carbocycles. The predicted molar refractivity (Wildman–Crippen MR) is 71.9 cm³/mol. The lowest BCUT2D eigenvalue weighted by Crippen LogP contribution is -2.44. The molecule has 0 aromatic heterocycles. The van der Waals surface area contributed by atoms with Crippen molar-refractivity contribution in [3.63, 3.8) is 0 Å². The molecule has 1 atom stereocenters. The van der Waals surface area contributed by atoms with Gasteiger partial charge in [0.05, 0.1) is 11.7 Å². The highest BCUT2D eigenvalue weighted by molar-refractivity contribution is 5.92. The molecule has 2 saturated carbocycles. The van der Waals surface area contributed by atoms with Crippen LogP contribution in [0.3, 0.4) is 0 Å². The van der Waals surface area contributed by atoms with Crippen molar-refractivity contribution in [1.82, 2.24) is 10.2 Å². The zero-order valence-electron chi connectivity index (χ0n) is 12.5. The Labute approximate surface area is 110 Å². The standard InChI is InChI=1S/C15H26N2O/c1-9(2)10-16-15(7-8-15)12(18)17(10)11-13(3,4)14(11,5)6/h9-11,16H,7-8H2,1-6H3. The summed E-state index contributed by atoms with van der Waals surface area (Å²) >= 11 is 0. The van der Waals surface area contributed by atoms with E-state index in [2.05, 4.69) is 51.8 Å². The fourth-order valence-corrected chi connectivity index (χ4v) is 3.89. The summed E-state index contributed by atoms with van der Waals surface area (Å²) in [6.45, 7) is 13.6. The van der Waals surface area contributed by atoms with Crippen LogP contribution >= 0.6 is 0 Å². The minimum Gasteiger partial charge on any atom is -0.321 e. The monoisotopic (exact) mass is 250 g/mol. The molecule has 3 fully saturated rings. The summed E-state index contributed by atoms with van der Waals surface area (Å²) in [5, 5.41) is 3.61. The average molecular weight is 250 g/mol. The quantitative estimate of drug-likeness (QED) is 0.816. The highest BCUT2D eigenvalue weighted by Crippen LogP contribution is 2.67. The van der Waals surface area contributed by atoms with Gasteiger partial charge in [-0.3, -0.25) is 10.1 Å². The zero-order chi connectivity index (χ0) is 13.5. The molecule has 3 heteroatoms. The van der Waals surface area contributed by atoms with Crippen molar-refractivity contribution in [3.05, 3.63) is 0 Å². The Morgan fingerprint density at radius 2 is 1.67 bits per heavy atom. The number of nitrogens with one attached hydrogen (secondary N) is 1. The third-order valence-corrected chi connectivity index (χ3v) is 5.97. The van der Waals surface area contributed by atoms with Gasteiger partial charge in [-0.15, -0.1) is 0 Å². The zero-order valence-corrected chi connectivity index (χ0v) is 12.5. The number of carbonyl (C=O) groups excluding carboxylic acids is 1. The highest BCUT2D eigenvalue weighted by atomic mass is 16.2. The second-order valence-electron chi connectivity index (χ2n) is 7.97. The van der Waals surface area contributed by atoms with Crippen LogP contribution in [0.25, 0.3) is 0 Å². The molecule has 3 nitrogen and oxygen atoms in total. The van der Waals surface area contributed by atoms with Gasteiger partial charge in [0.2, 0.25) is 5.91 Å². The summed E-state index contributed by atoms with van der Waals surface area (Å²) in [5.41, 5.74) is 0.291. The van der Waals surface area contributed by atoms with Gasteiger partial charge in [0, 0.05) is 6.04 Å². The van der Waals surface area contributed by atoms with Crippen molar-refractivity contribution in [3.8, 4) is 0 Å². The fourth-order valence-electron chi connectivity index (χ4n) is 3.89. The summed E-state index contributed by atoms with van der Waals surface area (Å²) in [6, 6.07) is 0.386. The maximum atomic E-state index is 12.7. The Hall–Kier alpha value is -0.570. The molecule has 0 radical (unpaired) electrons. The van der Waals surface area contributed by atoms with Gasteiger partial charge < -0.3 is 4.90 Å². The Morgan fingerprint density at radius 1 is 1.17 bits per heavy atom. The van der Waals surface area contributed by atoms with Gasteiger partial charge in [-0.2, -0.15) is 0 Å². The number of rotatable bonds is 2. The van der Waals surface area contributed by atoms with Crippen LogP contribution in [0.15, 0.2) is 0 Å². The number of hydrogen-bond acceptors (Lipinski definition) is 2. The normalized spacial score (nSPS) is 35.6. The molecular formula is C15H26N2O. The molecule has 0 bridgehead atoms. The van der Waals surface area contributed by atoms with Crippen molar-refractivity contribution in [2.75, 3.05) is 0 Å². The van der Waals surface area contributed by atoms with Crippen LogP contribution < -0.4 is 5.32 Å². The van der Waals surface area contributed by atoms with E-state index >= 15 is 0 Å². The van der Waals surface area contributed by atoms with Gasteiger partial charge in [0.1, 0.15) is 0 Å². The molecule has 1 spiro atoms. The third-order valence-electron chi connectivity index (χ3n) is 5.97. The minimum atomic E-state index is -0.177. The third kappa shape index (κ3) is 1.26. The van der Waals surface area contributed by atoms with E-state index in [0.29, 0.717) is 17.9 Å². The van der Waals surface area contributed by atoms with Gasteiger partial charge in [-0.1, -0.05) is 41.5 Å². The van der Waals surface area contributed by atoms with E-state index in [4.69, 9.17) is 0 Å². The van der Waals surface area contributed by atoms with E-state index in [9.17, 15) is 4.79 Å². The summed E-state index contributed by atoms with van der Waals surface area (Å²) in [5.74, 6) is 0.839. The lowest BCUT2D eigenvalue weighted by Gasteiger charge is -2.29. The Bertz CT molecular complexity index is 393. The van der Waals surface area contributed by atoms with Crippen molar-refractivity contribution in [2.24, 2.45) is 16.7 Å². The molecule has 3 rings (SSSR count). The first-order valence-electron chi connectivity index (χ1n) is 7.26. The Morgan fingerprint density at radius 3 is 2.00 bits per heavy atom. The minimum absolute atomic E-state index is 0.177. The maximum Gasteiger partial charge on any atom is 0.244 e. The maximum absolute atomic E-state index is 12.7. The molecule has 1 amide bonds. The SMILES string of the molecule is CC(C)C1NC2(CC2)C(=O)N1C1C(C)(C)C1(C)C. The van der Waals surface area contributed by atoms with E-state index in [1.54, 1.807) is 0 Å². The smallest absolute Gasteiger partial charge is 0.244 e. The molecule has 102 valence electrons. The topological polar surface area (TPSA) is 32.3 Å². The number of hydrogen-bond donors (Lipinski definition) is 1. The Balaban J connectivity index is 1.93. The molecule has 1 unspecified atom stereocenters. The van der Waals surface area contributed by atoms with E-state index in [0.717, 1.165) is 12.8 Å². The highest BCUT2D eigenvalue weighted by Gasteiger charge is 2.73. The van der Waals surface area contributed by atoms with E-state index in [-0.39, 0.29) is 22.5 Å². The first-order valence-corrected chi connectivity index (χ1v) is 7.26. The number of carbonyl (C=O) groups is 1. The van der Waals surface area contributed by atoms with Gasteiger partial charge in [-0.25, -0.2) is 0 Å². The van der Waals surface area contributed by atoms with Gasteiger partial charge >= 0.3 is 0 Å². The molecule has 1 aliphatic heterocycles. The lowest BCUT2D eigenvalue weighted by molar-refractivity contribution is -0.132. The van der Waals surface area contributed by atoms with E-state index in [1.165, 1.54) is 0 Å². The van der Waals surface area contributed by atoms with Crippen LogP contribution in [0.1, 0.15) is 54.4 Å². The molecule has 18 heavy (non-hydrogen) atoms. The fraction of sp³-hybridized carbons (Fsp3) is 0.933. The van der Waals surface area contributed by atoms with E-state index < -0.39 is 0 Å². The first kappa shape index (κ1) is 12.5. The largest absolute Gasteiger partial charge is 0.321 e. The van der Waals surface area contributed by atoms with Crippen molar-refractivity contribution in [2.45, 2.75) is 72.1 Å². The summed E-state index contributed by atoms with van der Waals surface area (Å²) in [7, 11) is 0. The second kappa shape index (κ2) is 3.12. The van der Waals surface area contributed by atoms with Crippen molar-refractivity contribution < 1.29 is 4.79 Å². The molecule has 0 aromatic rings. The van der Waals surface area contributed by atoms with Crippen LogP contribution in [0.5, 0.6) is 0 Å². The van der Waals surface area contributed by atoms with Crippen molar-refractivity contribution in [1.29, 1.82) is 0 Å². The lowest BCUT2D eigenvalue weighted by atomic mass is 10.0. The molecular weight excluding hydrogens is 224 g/mol. The van der Waals surface area contributed by atoms with Crippen LogP contribution in [-0.2, 0) is 4.79 Å². The van der Waals surface area contributed by atoms with Crippen LogP contribution in [0, 0.1) is 16.7 Å². The first-order chi connectivity index (χ1) is 8.15. The van der Waals surface area contributed by atoms with Crippen LogP contribution in [0.4, 0.5) is 0 Å². The summed E-state index contributed by atoms with van der Waals surface area (Å²) < 4.78 is 0. The van der Waals surface area contributed by atoms with Gasteiger partial charge in [0.25, 0.3) is 0 Å². The van der Waals surface area contributed by atoms with Gasteiger partial charge in [-0.05, 0) is 29.6 Å². The van der Waals surface area contributed by atoms with Gasteiger partial charge in [0.15, 0.2) is 0 Å². The Kier molecular flexibility index (Phi) is 2.16. The number of amides is 1. The number of nitrogens with zero attached hydrogens (tertiary/aromatic N) is 1. The molecule has 0 aromatic carbocycles. The average Bonchev–Trinajstić information content (AvgIpc) is 3.04. The summed E-state index contributed by atoms with van der Waals surface area (Å²) in [6.07, 6.45) is 2.28. The van der Waals surface area contributed by atoms with Crippen molar-refractivity contribution >= 4 is 5.91 Å². The second-order valence-corrected chi connectivity index (χ2v) is 7.97. The predicted octanol–water partition coefficient (Wildman–Crippen LogP) is 2.37.